The Kier molecular flexibility index (Phi) is 7.22. The van der Waals surface area contributed by atoms with Gasteiger partial charge in [-0.15, -0.1) is 0 Å². The Morgan fingerprint density at radius 3 is 2.81 bits per heavy atom. The van der Waals surface area contributed by atoms with Gasteiger partial charge < -0.3 is 10.3 Å². The standard InChI is InChI=1S/C16H18N4O4S2/c1-3-25-8-11-7-14(21)19-16(17-11)26-9-15(22)18-13-5-4-12(20(23)24)6-10(13)2/h4-7H,3,8-9H2,1-2H3,(H,18,22)(H,17,19,21). The normalized spacial score (nSPS) is 10.5. The second kappa shape index (κ2) is 9.39. The Bertz CT molecular complexity index is 870. The largest absolute Gasteiger partial charge is 0.325 e. The second-order valence-electron chi connectivity index (χ2n) is 5.27. The number of aromatic amines is 1. The summed E-state index contributed by atoms with van der Waals surface area (Å²) in [6.45, 7) is 3.71. The molecule has 0 fully saturated rings. The number of benzene rings is 1. The van der Waals surface area contributed by atoms with Crippen molar-refractivity contribution in [1.29, 1.82) is 0 Å². The second-order valence-corrected chi connectivity index (χ2v) is 7.51. The van der Waals surface area contributed by atoms with Crippen molar-refractivity contribution in [2.75, 3.05) is 16.8 Å². The van der Waals surface area contributed by atoms with Gasteiger partial charge in [-0.25, -0.2) is 4.98 Å². The van der Waals surface area contributed by atoms with Crippen molar-refractivity contribution in [3.05, 3.63) is 56.0 Å². The van der Waals surface area contributed by atoms with Crippen molar-refractivity contribution >= 4 is 40.8 Å². The van der Waals surface area contributed by atoms with E-state index in [1.807, 2.05) is 6.92 Å². The lowest BCUT2D eigenvalue weighted by Gasteiger charge is -2.08. The monoisotopic (exact) mass is 394 g/mol. The van der Waals surface area contributed by atoms with Gasteiger partial charge in [-0.3, -0.25) is 19.7 Å². The summed E-state index contributed by atoms with van der Waals surface area (Å²) in [4.78, 5) is 41.0. The van der Waals surface area contributed by atoms with Crippen molar-refractivity contribution in [1.82, 2.24) is 9.97 Å². The SMILES string of the molecule is CCSCc1cc(=O)[nH]c(SCC(=O)Nc2ccc([N+](=O)[O-])cc2C)n1. The quantitative estimate of drug-likeness (QED) is 0.306. The lowest BCUT2D eigenvalue weighted by atomic mass is 10.2. The molecule has 2 N–H and O–H groups in total. The molecular formula is C16H18N4O4S2. The molecule has 1 amide bonds. The number of carbonyl (C=O) groups excluding carboxylic acids is 1. The van der Waals surface area contributed by atoms with E-state index in [-0.39, 0.29) is 22.9 Å². The fraction of sp³-hybridized carbons (Fsp3) is 0.312. The molecule has 2 rings (SSSR count). The highest BCUT2D eigenvalue weighted by atomic mass is 32.2. The molecule has 0 unspecified atom stereocenters. The van der Waals surface area contributed by atoms with Crippen LogP contribution in [0.3, 0.4) is 0 Å². The van der Waals surface area contributed by atoms with Crippen LogP contribution in [0.25, 0.3) is 0 Å². The fourth-order valence-corrected chi connectivity index (χ4v) is 3.31. The topological polar surface area (TPSA) is 118 Å². The molecule has 0 aliphatic rings. The van der Waals surface area contributed by atoms with E-state index in [9.17, 15) is 19.7 Å². The number of anilines is 1. The van der Waals surface area contributed by atoms with E-state index in [2.05, 4.69) is 15.3 Å². The number of thioether (sulfide) groups is 2. The smallest absolute Gasteiger partial charge is 0.269 e. The molecule has 1 heterocycles. The molecule has 8 nitrogen and oxygen atoms in total. The van der Waals surface area contributed by atoms with Crippen molar-refractivity contribution in [3.8, 4) is 0 Å². The van der Waals surface area contributed by atoms with Gasteiger partial charge in [-0.1, -0.05) is 18.7 Å². The Morgan fingerprint density at radius 1 is 1.38 bits per heavy atom. The van der Waals surface area contributed by atoms with Crippen molar-refractivity contribution in [3.63, 3.8) is 0 Å². The average molecular weight is 394 g/mol. The Morgan fingerprint density at radius 2 is 2.15 bits per heavy atom. The predicted molar refractivity (Wildman–Crippen MR) is 104 cm³/mol. The molecule has 0 atom stereocenters. The van der Waals surface area contributed by atoms with Crippen LogP contribution in [0.4, 0.5) is 11.4 Å². The van der Waals surface area contributed by atoms with E-state index in [4.69, 9.17) is 0 Å². The Hall–Kier alpha value is -2.33. The molecule has 1 aromatic carbocycles. The number of nitro benzene ring substituents is 1. The number of rotatable bonds is 8. The average Bonchev–Trinajstić information content (AvgIpc) is 2.59. The first kappa shape index (κ1) is 20.0. The van der Waals surface area contributed by atoms with E-state index >= 15 is 0 Å². The van der Waals surface area contributed by atoms with Crippen LogP contribution in [-0.2, 0) is 10.5 Å². The number of aromatic nitrogens is 2. The molecule has 0 saturated carbocycles. The third-order valence-electron chi connectivity index (χ3n) is 3.26. The Balaban J connectivity index is 1.98. The number of aryl methyl sites for hydroxylation is 1. The van der Waals surface area contributed by atoms with Gasteiger partial charge in [0.25, 0.3) is 11.2 Å². The lowest BCUT2D eigenvalue weighted by molar-refractivity contribution is -0.384. The van der Waals surface area contributed by atoms with Crippen molar-refractivity contribution in [2.24, 2.45) is 0 Å². The molecule has 1 aromatic heterocycles. The number of hydrogen-bond acceptors (Lipinski definition) is 7. The van der Waals surface area contributed by atoms with Crippen LogP contribution >= 0.6 is 23.5 Å². The third-order valence-corrected chi connectivity index (χ3v) is 5.04. The zero-order valence-electron chi connectivity index (χ0n) is 14.3. The molecule has 0 radical (unpaired) electrons. The number of nitrogens with one attached hydrogen (secondary N) is 2. The molecule has 0 bridgehead atoms. The van der Waals surface area contributed by atoms with Gasteiger partial charge >= 0.3 is 0 Å². The summed E-state index contributed by atoms with van der Waals surface area (Å²) in [6, 6.07) is 5.69. The number of nitrogens with zero attached hydrogens (tertiary/aromatic N) is 2. The van der Waals surface area contributed by atoms with Crippen LogP contribution in [0, 0.1) is 17.0 Å². The first-order chi connectivity index (χ1) is 12.4. The lowest BCUT2D eigenvalue weighted by Crippen LogP contribution is -2.16. The highest BCUT2D eigenvalue weighted by Gasteiger charge is 2.11. The number of non-ortho nitro benzene ring substituents is 1. The molecule has 0 aliphatic carbocycles. The minimum atomic E-state index is -0.486. The number of nitro groups is 1. The molecule has 0 aliphatic heterocycles. The van der Waals surface area contributed by atoms with Crippen LogP contribution in [0.5, 0.6) is 0 Å². The molecule has 138 valence electrons. The van der Waals surface area contributed by atoms with Gasteiger partial charge in [0.1, 0.15) is 0 Å². The van der Waals surface area contributed by atoms with Gasteiger partial charge in [-0.2, -0.15) is 11.8 Å². The van der Waals surface area contributed by atoms with Crippen LogP contribution in [0.2, 0.25) is 0 Å². The van der Waals surface area contributed by atoms with Gasteiger partial charge in [-0.05, 0) is 24.3 Å². The predicted octanol–water partition coefficient (Wildman–Crippen LogP) is 2.97. The fourth-order valence-electron chi connectivity index (χ4n) is 2.05. The van der Waals surface area contributed by atoms with Crippen molar-refractivity contribution in [2.45, 2.75) is 24.8 Å². The van der Waals surface area contributed by atoms with E-state index < -0.39 is 4.92 Å². The summed E-state index contributed by atoms with van der Waals surface area (Å²) >= 11 is 2.79. The molecular weight excluding hydrogens is 376 g/mol. The number of amides is 1. The maximum atomic E-state index is 12.1. The molecule has 0 saturated heterocycles. The van der Waals surface area contributed by atoms with Crippen molar-refractivity contribution < 1.29 is 9.72 Å². The van der Waals surface area contributed by atoms with Crippen LogP contribution in [0.1, 0.15) is 18.2 Å². The van der Waals surface area contributed by atoms with Crippen LogP contribution < -0.4 is 10.9 Å². The highest BCUT2D eigenvalue weighted by molar-refractivity contribution is 7.99. The maximum Gasteiger partial charge on any atom is 0.269 e. The molecule has 10 heteroatoms. The minimum Gasteiger partial charge on any atom is -0.325 e. The van der Waals surface area contributed by atoms with Gasteiger partial charge in [0, 0.05) is 29.6 Å². The molecule has 26 heavy (non-hydrogen) atoms. The summed E-state index contributed by atoms with van der Waals surface area (Å²) in [5, 5.41) is 13.8. The van der Waals surface area contributed by atoms with E-state index in [0.717, 1.165) is 17.5 Å². The highest BCUT2D eigenvalue weighted by Crippen LogP contribution is 2.22. The minimum absolute atomic E-state index is 0.0292. The third kappa shape index (κ3) is 5.88. The van der Waals surface area contributed by atoms with Crippen LogP contribution in [0.15, 0.2) is 34.2 Å². The number of carbonyl (C=O) groups is 1. The van der Waals surface area contributed by atoms with Gasteiger partial charge in [0.15, 0.2) is 5.16 Å². The van der Waals surface area contributed by atoms with Gasteiger partial charge in [0.2, 0.25) is 5.91 Å². The van der Waals surface area contributed by atoms with E-state index in [1.165, 1.54) is 24.3 Å². The van der Waals surface area contributed by atoms with Crippen LogP contribution in [-0.4, -0.2) is 32.3 Å². The number of hydrogen-bond donors (Lipinski definition) is 2. The zero-order valence-corrected chi connectivity index (χ0v) is 15.9. The zero-order chi connectivity index (χ0) is 19.1. The summed E-state index contributed by atoms with van der Waals surface area (Å²) in [6.07, 6.45) is 0. The number of H-pyrrole nitrogens is 1. The Labute approximate surface area is 158 Å². The molecule has 2 aromatic rings. The first-order valence-corrected chi connectivity index (χ1v) is 9.88. The summed E-state index contributed by atoms with van der Waals surface area (Å²) < 4.78 is 0. The van der Waals surface area contributed by atoms with E-state index in [1.54, 1.807) is 18.7 Å². The van der Waals surface area contributed by atoms with Gasteiger partial charge in [0.05, 0.1) is 16.4 Å². The summed E-state index contributed by atoms with van der Waals surface area (Å²) in [5.41, 5.74) is 1.51. The molecule has 0 spiro atoms. The summed E-state index contributed by atoms with van der Waals surface area (Å²) in [5.74, 6) is 1.34. The summed E-state index contributed by atoms with van der Waals surface area (Å²) in [7, 11) is 0. The maximum absolute atomic E-state index is 12.1. The first-order valence-electron chi connectivity index (χ1n) is 7.74. The van der Waals surface area contributed by atoms with E-state index in [0.29, 0.717) is 27.9 Å².